The Morgan fingerprint density at radius 1 is 0.825 bits per heavy atom. The van der Waals surface area contributed by atoms with E-state index in [1.54, 1.807) is 24.7 Å². The lowest BCUT2D eigenvalue weighted by molar-refractivity contribution is 0.240. The molecule has 0 radical (unpaired) electrons. The molecule has 1 saturated carbocycles. The topological polar surface area (TPSA) is 131 Å². The first-order valence-electron chi connectivity index (χ1n) is 13.2. The first-order valence-corrected chi connectivity index (χ1v) is 13.2. The third kappa shape index (κ3) is 6.40. The van der Waals surface area contributed by atoms with Crippen molar-refractivity contribution < 1.29 is 4.79 Å². The molecule has 9 nitrogen and oxygen atoms in total. The van der Waals surface area contributed by atoms with Crippen LogP contribution in [0.2, 0.25) is 0 Å². The standard InChI is InChI=1S/C31H28N8O/c32-16-23-6-15-29(34-19-23)38-26-9-13-28(14-10-26)39(31(40)37-18-22-4-2-1-3-5-22)27-11-7-24(8-12-27)25-20-35-30(17-33)36-21-25/h1-8,11-12,15,19-21,26,28H,9-10,13-14,18H2,(H,34,38)(H,37,40). The molecule has 198 valence electrons. The number of benzene rings is 2. The summed E-state index contributed by atoms with van der Waals surface area (Å²) in [5, 5.41) is 24.5. The molecule has 1 aliphatic rings. The molecular weight excluding hydrogens is 500 g/mol. The van der Waals surface area contributed by atoms with Gasteiger partial charge in [0.15, 0.2) is 0 Å². The number of anilines is 2. The molecule has 0 atom stereocenters. The summed E-state index contributed by atoms with van der Waals surface area (Å²) in [5.41, 5.74) is 4.09. The fourth-order valence-corrected chi connectivity index (χ4v) is 4.93. The predicted molar refractivity (Wildman–Crippen MR) is 152 cm³/mol. The molecule has 4 aromatic rings. The zero-order chi connectivity index (χ0) is 27.7. The van der Waals surface area contributed by atoms with E-state index in [-0.39, 0.29) is 23.9 Å². The number of carbonyl (C=O) groups is 1. The molecule has 40 heavy (non-hydrogen) atoms. The maximum Gasteiger partial charge on any atom is 0.322 e. The minimum absolute atomic E-state index is 0.0341. The van der Waals surface area contributed by atoms with Crippen molar-refractivity contribution in [3.8, 4) is 23.3 Å². The van der Waals surface area contributed by atoms with Crippen LogP contribution in [0.25, 0.3) is 11.1 Å². The van der Waals surface area contributed by atoms with Crippen molar-refractivity contribution in [2.24, 2.45) is 0 Å². The van der Waals surface area contributed by atoms with E-state index in [0.29, 0.717) is 12.1 Å². The van der Waals surface area contributed by atoms with Gasteiger partial charge in [0.2, 0.25) is 5.82 Å². The van der Waals surface area contributed by atoms with Crippen LogP contribution in [0.15, 0.2) is 85.3 Å². The Hall–Kier alpha value is -5.28. The van der Waals surface area contributed by atoms with Gasteiger partial charge in [-0.15, -0.1) is 0 Å². The minimum Gasteiger partial charge on any atom is -0.367 e. The van der Waals surface area contributed by atoms with Gasteiger partial charge in [-0.1, -0.05) is 42.5 Å². The van der Waals surface area contributed by atoms with E-state index in [4.69, 9.17) is 10.5 Å². The second kappa shape index (κ2) is 12.5. The molecule has 0 aliphatic heterocycles. The lowest BCUT2D eigenvalue weighted by Crippen LogP contribution is -2.48. The highest BCUT2D eigenvalue weighted by molar-refractivity contribution is 5.93. The van der Waals surface area contributed by atoms with Crippen molar-refractivity contribution >= 4 is 17.5 Å². The quantitative estimate of drug-likeness (QED) is 0.327. The number of rotatable bonds is 7. The van der Waals surface area contributed by atoms with E-state index in [0.717, 1.165) is 53.9 Å². The molecule has 2 heterocycles. The summed E-state index contributed by atoms with van der Waals surface area (Å²) >= 11 is 0. The molecule has 2 N–H and O–H groups in total. The van der Waals surface area contributed by atoms with E-state index in [9.17, 15) is 4.79 Å². The second-order valence-corrected chi connectivity index (χ2v) is 9.66. The largest absolute Gasteiger partial charge is 0.367 e. The first kappa shape index (κ1) is 26.3. The summed E-state index contributed by atoms with van der Waals surface area (Å²) in [7, 11) is 0. The number of nitriles is 2. The van der Waals surface area contributed by atoms with Crippen molar-refractivity contribution in [3.05, 3.63) is 102 Å². The molecule has 9 heteroatoms. The van der Waals surface area contributed by atoms with Gasteiger partial charge in [-0.25, -0.2) is 19.7 Å². The Balaban J connectivity index is 1.30. The highest BCUT2D eigenvalue weighted by Crippen LogP contribution is 2.31. The van der Waals surface area contributed by atoms with Crippen LogP contribution < -0.4 is 15.5 Å². The maximum absolute atomic E-state index is 13.6. The van der Waals surface area contributed by atoms with Crippen molar-refractivity contribution in [2.45, 2.75) is 44.3 Å². The Labute approximate surface area is 233 Å². The van der Waals surface area contributed by atoms with Crippen LogP contribution >= 0.6 is 0 Å². The molecule has 0 saturated heterocycles. The average molecular weight is 529 g/mol. The zero-order valence-corrected chi connectivity index (χ0v) is 21.9. The van der Waals surface area contributed by atoms with E-state index in [2.05, 4.69) is 31.7 Å². The fourth-order valence-electron chi connectivity index (χ4n) is 4.93. The van der Waals surface area contributed by atoms with Crippen molar-refractivity contribution in [3.63, 3.8) is 0 Å². The number of nitrogens with one attached hydrogen (secondary N) is 2. The van der Waals surface area contributed by atoms with Crippen LogP contribution in [-0.2, 0) is 6.54 Å². The molecule has 2 amide bonds. The van der Waals surface area contributed by atoms with E-state index in [1.165, 1.54) is 0 Å². The summed E-state index contributed by atoms with van der Waals surface area (Å²) in [5.74, 6) is 0.879. The Bertz CT molecular complexity index is 1500. The number of hydrogen-bond acceptors (Lipinski definition) is 7. The van der Waals surface area contributed by atoms with Gasteiger partial charge in [0.1, 0.15) is 18.0 Å². The fraction of sp³-hybridized carbons (Fsp3) is 0.226. The van der Waals surface area contributed by atoms with Gasteiger partial charge in [0.05, 0.1) is 5.56 Å². The first-order chi connectivity index (χ1) is 19.6. The van der Waals surface area contributed by atoms with Gasteiger partial charge in [-0.3, -0.25) is 4.90 Å². The summed E-state index contributed by atoms with van der Waals surface area (Å²) in [6.45, 7) is 0.443. The third-order valence-corrected chi connectivity index (χ3v) is 7.04. The van der Waals surface area contributed by atoms with Crippen molar-refractivity contribution in [1.29, 1.82) is 10.5 Å². The van der Waals surface area contributed by atoms with Crippen LogP contribution in [0.5, 0.6) is 0 Å². The summed E-state index contributed by atoms with van der Waals surface area (Å²) in [4.78, 5) is 27.9. The maximum atomic E-state index is 13.6. The van der Waals surface area contributed by atoms with E-state index in [1.807, 2.05) is 71.6 Å². The van der Waals surface area contributed by atoms with Gasteiger partial charge in [0.25, 0.3) is 0 Å². The molecular formula is C31H28N8O. The van der Waals surface area contributed by atoms with Crippen LogP contribution in [0, 0.1) is 22.7 Å². The van der Waals surface area contributed by atoms with Crippen molar-refractivity contribution in [1.82, 2.24) is 20.3 Å². The number of nitrogens with zero attached hydrogens (tertiary/aromatic N) is 6. The van der Waals surface area contributed by atoms with Gasteiger partial charge in [-0.05, 0) is 61.1 Å². The minimum atomic E-state index is -0.136. The van der Waals surface area contributed by atoms with Gasteiger partial charge in [0, 0.05) is 48.5 Å². The SMILES string of the molecule is N#Cc1ccc(NC2CCC(N(C(=O)NCc3ccccc3)c3ccc(-c4cnc(C#N)nc4)cc3)CC2)nc1. The molecule has 5 rings (SSSR count). The monoisotopic (exact) mass is 528 g/mol. The van der Waals surface area contributed by atoms with Gasteiger partial charge < -0.3 is 10.6 Å². The lowest BCUT2D eigenvalue weighted by atomic mass is 9.89. The zero-order valence-electron chi connectivity index (χ0n) is 21.9. The number of pyridine rings is 1. The van der Waals surface area contributed by atoms with Gasteiger partial charge >= 0.3 is 6.03 Å². The van der Waals surface area contributed by atoms with E-state index >= 15 is 0 Å². The molecule has 1 fully saturated rings. The molecule has 0 bridgehead atoms. The number of carbonyl (C=O) groups excluding carboxylic acids is 1. The summed E-state index contributed by atoms with van der Waals surface area (Å²) in [6, 6.07) is 25.4. The third-order valence-electron chi connectivity index (χ3n) is 7.04. The molecule has 0 unspecified atom stereocenters. The van der Waals surface area contributed by atoms with Crippen LogP contribution in [0.4, 0.5) is 16.3 Å². The average Bonchev–Trinajstić information content (AvgIpc) is 3.02. The molecule has 2 aromatic heterocycles. The molecule has 2 aromatic carbocycles. The van der Waals surface area contributed by atoms with Gasteiger partial charge in [-0.2, -0.15) is 10.5 Å². The second-order valence-electron chi connectivity index (χ2n) is 9.66. The Morgan fingerprint density at radius 2 is 1.55 bits per heavy atom. The molecule has 1 aliphatic carbocycles. The number of amides is 2. The van der Waals surface area contributed by atoms with Crippen LogP contribution in [0.3, 0.4) is 0 Å². The van der Waals surface area contributed by atoms with Crippen molar-refractivity contribution in [2.75, 3.05) is 10.2 Å². The number of urea groups is 1. The molecule has 0 spiro atoms. The summed E-state index contributed by atoms with van der Waals surface area (Å²) in [6.07, 6.45) is 8.25. The Kier molecular flexibility index (Phi) is 8.24. The predicted octanol–water partition coefficient (Wildman–Crippen LogP) is 5.42. The Morgan fingerprint density at radius 3 is 2.17 bits per heavy atom. The highest BCUT2D eigenvalue weighted by atomic mass is 16.2. The highest BCUT2D eigenvalue weighted by Gasteiger charge is 2.30. The lowest BCUT2D eigenvalue weighted by Gasteiger charge is -2.37. The van der Waals surface area contributed by atoms with Crippen LogP contribution in [0.1, 0.15) is 42.6 Å². The summed E-state index contributed by atoms with van der Waals surface area (Å²) < 4.78 is 0. The smallest absolute Gasteiger partial charge is 0.322 e. The number of aromatic nitrogens is 3. The normalized spacial score (nSPS) is 16.2. The van der Waals surface area contributed by atoms with E-state index < -0.39 is 0 Å². The van der Waals surface area contributed by atoms with Crippen LogP contribution in [-0.4, -0.2) is 33.1 Å². The number of hydrogen-bond donors (Lipinski definition) is 2.